The van der Waals surface area contributed by atoms with Gasteiger partial charge in [-0.3, -0.25) is 4.79 Å². The fourth-order valence-electron chi connectivity index (χ4n) is 4.00. The predicted molar refractivity (Wildman–Crippen MR) is 124 cm³/mol. The number of anilines is 1. The Labute approximate surface area is 184 Å². The van der Waals surface area contributed by atoms with Crippen LogP contribution in [0.25, 0.3) is 0 Å². The van der Waals surface area contributed by atoms with Crippen molar-refractivity contribution < 1.29 is 4.79 Å². The number of hydrogen-bond acceptors (Lipinski definition) is 4. The number of nitriles is 1. The first-order chi connectivity index (χ1) is 14.6. The smallest absolute Gasteiger partial charge is 0.237 e. The highest BCUT2D eigenvalue weighted by molar-refractivity contribution is 8.00. The summed E-state index contributed by atoms with van der Waals surface area (Å²) in [5.74, 6) is -0.0241. The molecule has 158 valence electrons. The Morgan fingerprint density at radius 2 is 2.00 bits per heavy atom. The lowest BCUT2D eigenvalue weighted by Crippen LogP contribution is -2.26. The van der Waals surface area contributed by atoms with Crippen LogP contribution in [0.3, 0.4) is 0 Å². The van der Waals surface area contributed by atoms with Gasteiger partial charge in [-0.1, -0.05) is 56.7 Å². The van der Waals surface area contributed by atoms with Crippen LogP contribution in [0.4, 0.5) is 5.69 Å². The van der Waals surface area contributed by atoms with Gasteiger partial charge in [0.2, 0.25) is 5.91 Å². The lowest BCUT2D eigenvalue weighted by Gasteiger charge is -2.19. The number of carbonyl (C=O) groups excluding carboxylic acids is 1. The third-order valence-corrected chi connectivity index (χ3v) is 7.16. The number of benzene rings is 1. The van der Waals surface area contributed by atoms with Crippen molar-refractivity contribution in [3.8, 4) is 6.07 Å². The lowest BCUT2D eigenvalue weighted by atomic mass is 9.96. The number of nitrogens with one attached hydrogen (secondary N) is 1. The van der Waals surface area contributed by atoms with Crippen LogP contribution in [0, 0.1) is 18.3 Å². The highest BCUT2D eigenvalue weighted by Gasteiger charge is 2.23. The molecule has 0 saturated heterocycles. The van der Waals surface area contributed by atoms with E-state index in [1.165, 1.54) is 30.2 Å². The molecule has 0 fully saturated rings. The van der Waals surface area contributed by atoms with Crippen LogP contribution in [-0.4, -0.2) is 16.1 Å². The summed E-state index contributed by atoms with van der Waals surface area (Å²) in [7, 11) is 0. The molecule has 1 aliphatic carbocycles. The number of hydrogen-bond donors (Lipinski definition) is 1. The molecule has 3 rings (SSSR count). The van der Waals surface area contributed by atoms with E-state index in [2.05, 4.69) is 24.4 Å². The second-order valence-corrected chi connectivity index (χ2v) is 9.13. The van der Waals surface area contributed by atoms with Gasteiger partial charge in [0.1, 0.15) is 11.1 Å². The second-order valence-electron chi connectivity index (χ2n) is 7.94. The van der Waals surface area contributed by atoms with E-state index in [-0.39, 0.29) is 11.2 Å². The SMILES string of the molecule is CCc1cccc(C)c1NC(=O)C(CC)Sc1nc2c(cc1C#N)CCCCCC2. The Bertz CT molecular complexity index is 948. The number of thioether (sulfide) groups is 1. The molecule has 30 heavy (non-hydrogen) atoms. The molecule has 1 amide bonds. The Morgan fingerprint density at radius 1 is 1.23 bits per heavy atom. The summed E-state index contributed by atoms with van der Waals surface area (Å²) < 4.78 is 0. The summed E-state index contributed by atoms with van der Waals surface area (Å²) in [4.78, 5) is 18.0. The van der Waals surface area contributed by atoms with Crippen molar-refractivity contribution in [3.63, 3.8) is 0 Å². The molecule has 1 atom stereocenters. The van der Waals surface area contributed by atoms with Gasteiger partial charge in [-0.2, -0.15) is 5.26 Å². The van der Waals surface area contributed by atoms with Crippen molar-refractivity contribution >= 4 is 23.4 Å². The highest BCUT2D eigenvalue weighted by Crippen LogP contribution is 2.31. The van der Waals surface area contributed by atoms with Gasteiger partial charge in [0.25, 0.3) is 0 Å². The molecule has 1 heterocycles. The second kappa shape index (κ2) is 10.6. The minimum atomic E-state index is -0.291. The van der Waals surface area contributed by atoms with Gasteiger partial charge in [-0.05, 0) is 68.2 Å². The summed E-state index contributed by atoms with van der Waals surface area (Å²) in [6, 6.07) is 10.4. The Kier molecular flexibility index (Phi) is 7.93. The zero-order chi connectivity index (χ0) is 21.5. The zero-order valence-electron chi connectivity index (χ0n) is 18.3. The maximum absolute atomic E-state index is 13.1. The molecular weight excluding hydrogens is 390 g/mol. The van der Waals surface area contributed by atoms with Gasteiger partial charge in [0, 0.05) is 11.4 Å². The van der Waals surface area contributed by atoms with Gasteiger partial charge in [-0.15, -0.1) is 0 Å². The van der Waals surface area contributed by atoms with E-state index in [1.54, 1.807) is 0 Å². The number of carbonyl (C=O) groups is 1. The number of aromatic nitrogens is 1. The molecule has 1 aromatic heterocycles. The van der Waals surface area contributed by atoms with Crippen molar-refractivity contribution in [3.05, 3.63) is 52.2 Å². The van der Waals surface area contributed by atoms with E-state index in [0.717, 1.165) is 54.6 Å². The van der Waals surface area contributed by atoms with Crippen LogP contribution in [0.15, 0.2) is 29.3 Å². The zero-order valence-corrected chi connectivity index (χ0v) is 19.1. The standard InChI is InChI=1S/C25H31N3OS/c1-4-18-13-10-11-17(3)23(18)28-24(29)22(5-2)30-25-20(16-26)15-19-12-8-6-7-9-14-21(19)27-25/h10-11,13,15,22H,4-9,12,14H2,1-3H3,(H,28,29). The predicted octanol–water partition coefficient (Wildman–Crippen LogP) is 5.99. The Morgan fingerprint density at radius 3 is 2.70 bits per heavy atom. The van der Waals surface area contributed by atoms with Crippen LogP contribution in [0.2, 0.25) is 0 Å². The molecule has 1 N–H and O–H groups in total. The first-order valence-corrected chi connectivity index (χ1v) is 11.9. The highest BCUT2D eigenvalue weighted by atomic mass is 32.2. The average Bonchev–Trinajstić information content (AvgIpc) is 2.73. The van der Waals surface area contributed by atoms with Crippen molar-refractivity contribution in [2.45, 2.75) is 82.4 Å². The molecule has 1 unspecified atom stereocenters. The number of aryl methyl sites for hydroxylation is 4. The van der Waals surface area contributed by atoms with Gasteiger partial charge in [-0.25, -0.2) is 4.98 Å². The molecule has 4 nitrogen and oxygen atoms in total. The van der Waals surface area contributed by atoms with Crippen LogP contribution in [-0.2, 0) is 24.1 Å². The minimum absolute atomic E-state index is 0.0241. The average molecular weight is 422 g/mol. The van der Waals surface area contributed by atoms with Crippen molar-refractivity contribution in [1.29, 1.82) is 5.26 Å². The molecule has 0 saturated carbocycles. The number of nitrogens with zero attached hydrogens (tertiary/aromatic N) is 2. The molecule has 1 aliphatic rings. The summed E-state index contributed by atoms with van der Waals surface area (Å²) in [6.45, 7) is 6.13. The van der Waals surface area contributed by atoms with E-state index < -0.39 is 0 Å². The normalized spacial score (nSPS) is 14.7. The molecule has 0 aliphatic heterocycles. The van der Waals surface area contributed by atoms with E-state index in [0.29, 0.717) is 17.0 Å². The van der Waals surface area contributed by atoms with Crippen LogP contribution < -0.4 is 5.32 Å². The number of amides is 1. The molecule has 5 heteroatoms. The minimum Gasteiger partial charge on any atom is -0.325 e. The topological polar surface area (TPSA) is 65.8 Å². The first kappa shape index (κ1) is 22.4. The first-order valence-electron chi connectivity index (χ1n) is 11.1. The van der Waals surface area contributed by atoms with E-state index >= 15 is 0 Å². The van der Waals surface area contributed by atoms with Crippen molar-refractivity contribution in [2.24, 2.45) is 0 Å². The van der Waals surface area contributed by atoms with Gasteiger partial charge >= 0.3 is 0 Å². The largest absolute Gasteiger partial charge is 0.325 e. The molecule has 0 bridgehead atoms. The van der Waals surface area contributed by atoms with Gasteiger partial charge in [0.05, 0.1) is 10.8 Å². The monoisotopic (exact) mass is 421 g/mol. The fraction of sp³-hybridized carbons (Fsp3) is 0.480. The van der Waals surface area contributed by atoms with Crippen molar-refractivity contribution in [1.82, 2.24) is 4.98 Å². The van der Waals surface area contributed by atoms with Gasteiger partial charge in [0.15, 0.2) is 0 Å². The maximum Gasteiger partial charge on any atom is 0.237 e. The van der Waals surface area contributed by atoms with E-state index in [4.69, 9.17) is 4.98 Å². The summed E-state index contributed by atoms with van der Waals surface area (Å²) in [6.07, 6.45) is 8.27. The third-order valence-electron chi connectivity index (χ3n) is 5.79. The fourth-order valence-corrected chi connectivity index (χ4v) is 5.00. The van der Waals surface area contributed by atoms with Crippen LogP contribution in [0.1, 0.15) is 73.9 Å². The molecule has 0 spiro atoms. The van der Waals surface area contributed by atoms with E-state index in [9.17, 15) is 10.1 Å². The summed E-state index contributed by atoms with van der Waals surface area (Å²) in [5.41, 5.74) is 6.03. The molecule has 0 radical (unpaired) electrons. The number of pyridine rings is 1. The summed E-state index contributed by atoms with van der Waals surface area (Å²) >= 11 is 1.43. The van der Waals surface area contributed by atoms with Crippen LogP contribution >= 0.6 is 11.8 Å². The number of rotatable bonds is 6. The Hall–Kier alpha value is -2.32. The lowest BCUT2D eigenvalue weighted by molar-refractivity contribution is -0.115. The van der Waals surface area contributed by atoms with E-state index in [1.807, 2.05) is 32.0 Å². The maximum atomic E-state index is 13.1. The Balaban J connectivity index is 1.84. The molecule has 1 aromatic carbocycles. The quantitative estimate of drug-likeness (QED) is 0.582. The number of fused-ring (bicyclic) bond motifs is 1. The van der Waals surface area contributed by atoms with Crippen molar-refractivity contribution in [2.75, 3.05) is 5.32 Å². The van der Waals surface area contributed by atoms with Crippen LogP contribution in [0.5, 0.6) is 0 Å². The number of para-hydroxylation sites is 1. The molecule has 2 aromatic rings. The third kappa shape index (κ3) is 5.23. The molecular formula is C25H31N3OS. The van der Waals surface area contributed by atoms with Gasteiger partial charge < -0.3 is 5.32 Å². The summed E-state index contributed by atoms with van der Waals surface area (Å²) in [5, 5.41) is 13.3.